The molecule has 0 aliphatic carbocycles. The van der Waals surface area contributed by atoms with E-state index < -0.39 is 11.7 Å². The minimum Gasteiger partial charge on any atom is -0.369 e. The molecule has 5 rings (SSSR count). The molecule has 0 unspecified atom stereocenters. The molecule has 4 heterocycles. The average molecular weight is 520 g/mol. The molecule has 1 aromatic carbocycles. The number of piperazine rings is 1. The van der Waals surface area contributed by atoms with Gasteiger partial charge in [0.1, 0.15) is 4.83 Å². The standard InChI is InChI=1S/C26H32F3N5OS/c1-18(2)15-32-7-6-21-22(16-32)36-24-23(21)25(35)34(17-30-24)13-10-31-8-11-33(12-9-31)20-5-3-4-19(14-20)26(27,28)29/h3-5,14,17-18H,6-13,15-16H2,1-2H3. The topological polar surface area (TPSA) is 44.6 Å². The van der Waals surface area contributed by atoms with Crippen LogP contribution in [-0.2, 0) is 25.7 Å². The van der Waals surface area contributed by atoms with Gasteiger partial charge in [0.05, 0.1) is 17.3 Å². The fourth-order valence-electron chi connectivity index (χ4n) is 5.26. The maximum atomic E-state index is 13.3. The van der Waals surface area contributed by atoms with Crippen LogP contribution in [-0.4, -0.2) is 65.2 Å². The molecular weight excluding hydrogens is 487 g/mol. The zero-order valence-electron chi connectivity index (χ0n) is 20.7. The second-order valence-electron chi connectivity index (χ2n) is 10.2. The van der Waals surface area contributed by atoms with E-state index in [9.17, 15) is 18.0 Å². The summed E-state index contributed by atoms with van der Waals surface area (Å²) in [6, 6.07) is 5.52. The fourth-order valence-corrected chi connectivity index (χ4v) is 6.48. The van der Waals surface area contributed by atoms with E-state index in [-0.39, 0.29) is 5.56 Å². The van der Waals surface area contributed by atoms with Crippen LogP contribution in [0.3, 0.4) is 0 Å². The molecule has 1 fully saturated rings. The van der Waals surface area contributed by atoms with Gasteiger partial charge in [0.15, 0.2) is 0 Å². The van der Waals surface area contributed by atoms with Gasteiger partial charge in [-0.05, 0) is 36.1 Å². The Morgan fingerprint density at radius 1 is 1.06 bits per heavy atom. The molecule has 10 heteroatoms. The number of fused-ring (bicyclic) bond motifs is 3. The Labute approximate surface area is 212 Å². The van der Waals surface area contributed by atoms with Crippen LogP contribution in [0.25, 0.3) is 10.2 Å². The van der Waals surface area contributed by atoms with Gasteiger partial charge in [0, 0.05) is 69.5 Å². The Balaban J connectivity index is 1.21. The Morgan fingerprint density at radius 2 is 1.83 bits per heavy atom. The van der Waals surface area contributed by atoms with Crippen molar-refractivity contribution in [3.8, 4) is 0 Å². The Bertz CT molecular complexity index is 1280. The van der Waals surface area contributed by atoms with Crippen LogP contribution in [0.4, 0.5) is 18.9 Å². The summed E-state index contributed by atoms with van der Waals surface area (Å²) in [7, 11) is 0. The summed E-state index contributed by atoms with van der Waals surface area (Å²) in [5, 5.41) is 0.788. The minimum absolute atomic E-state index is 0.0393. The lowest BCUT2D eigenvalue weighted by Crippen LogP contribution is -2.47. The van der Waals surface area contributed by atoms with Crippen molar-refractivity contribution in [2.75, 3.05) is 50.7 Å². The molecule has 3 aromatic rings. The SMILES string of the molecule is CC(C)CN1CCc2c(sc3ncn(CCN4CCN(c5cccc(C(F)(F)F)c5)CC4)c(=O)c23)C1. The first-order valence-corrected chi connectivity index (χ1v) is 13.4. The van der Waals surface area contributed by atoms with Crippen molar-refractivity contribution in [2.24, 2.45) is 5.92 Å². The molecule has 1 saturated heterocycles. The van der Waals surface area contributed by atoms with Crippen molar-refractivity contribution >= 4 is 27.2 Å². The van der Waals surface area contributed by atoms with Gasteiger partial charge < -0.3 is 4.90 Å². The number of benzene rings is 1. The highest BCUT2D eigenvalue weighted by atomic mass is 32.1. The number of anilines is 1. The largest absolute Gasteiger partial charge is 0.416 e. The van der Waals surface area contributed by atoms with Gasteiger partial charge in [-0.15, -0.1) is 11.3 Å². The number of thiophene rings is 1. The normalized spacial score (nSPS) is 17.8. The van der Waals surface area contributed by atoms with E-state index in [4.69, 9.17) is 0 Å². The van der Waals surface area contributed by atoms with E-state index in [1.807, 2.05) is 4.90 Å². The fraction of sp³-hybridized carbons (Fsp3) is 0.538. The number of halogens is 3. The zero-order valence-corrected chi connectivity index (χ0v) is 21.5. The van der Waals surface area contributed by atoms with Gasteiger partial charge in [-0.2, -0.15) is 13.2 Å². The zero-order chi connectivity index (χ0) is 25.4. The molecule has 2 aromatic heterocycles. The van der Waals surface area contributed by atoms with Crippen LogP contribution in [0.1, 0.15) is 29.9 Å². The third kappa shape index (κ3) is 5.31. The third-order valence-electron chi connectivity index (χ3n) is 7.10. The molecule has 0 bridgehead atoms. The summed E-state index contributed by atoms with van der Waals surface area (Å²) in [4.78, 5) is 26.8. The van der Waals surface area contributed by atoms with Crippen LogP contribution in [0, 0.1) is 5.92 Å². The third-order valence-corrected chi connectivity index (χ3v) is 8.22. The van der Waals surface area contributed by atoms with E-state index in [1.54, 1.807) is 28.3 Å². The van der Waals surface area contributed by atoms with E-state index in [1.165, 1.54) is 22.6 Å². The van der Waals surface area contributed by atoms with Crippen LogP contribution < -0.4 is 10.5 Å². The van der Waals surface area contributed by atoms with E-state index in [2.05, 4.69) is 28.6 Å². The first kappa shape index (κ1) is 25.2. The Morgan fingerprint density at radius 3 is 2.56 bits per heavy atom. The van der Waals surface area contributed by atoms with Crippen LogP contribution in [0.2, 0.25) is 0 Å². The summed E-state index contributed by atoms with van der Waals surface area (Å²) >= 11 is 1.65. The quantitative estimate of drug-likeness (QED) is 0.486. The highest BCUT2D eigenvalue weighted by molar-refractivity contribution is 7.18. The molecule has 0 saturated carbocycles. The Kier molecular flexibility index (Phi) is 7.11. The van der Waals surface area contributed by atoms with Crippen LogP contribution in [0.5, 0.6) is 0 Å². The second kappa shape index (κ2) is 10.1. The summed E-state index contributed by atoms with van der Waals surface area (Å²) < 4.78 is 40.9. The van der Waals surface area contributed by atoms with E-state index >= 15 is 0 Å². The Hall–Kier alpha value is -2.43. The molecule has 0 N–H and O–H groups in total. The summed E-state index contributed by atoms with van der Waals surface area (Å²) in [6.45, 7) is 11.4. The molecule has 6 nitrogen and oxygen atoms in total. The highest BCUT2D eigenvalue weighted by Crippen LogP contribution is 2.33. The molecule has 2 aliphatic rings. The predicted molar refractivity (Wildman–Crippen MR) is 138 cm³/mol. The van der Waals surface area contributed by atoms with Crippen LogP contribution >= 0.6 is 11.3 Å². The monoisotopic (exact) mass is 519 g/mol. The lowest BCUT2D eigenvalue weighted by atomic mass is 10.0. The molecule has 2 aliphatic heterocycles. The van der Waals surface area contributed by atoms with Gasteiger partial charge in [-0.3, -0.25) is 19.2 Å². The van der Waals surface area contributed by atoms with Gasteiger partial charge in [-0.25, -0.2) is 4.98 Å². The summed E-state index contributed by atoms with van der Waals surface area (Å²) in [6.07, 6.45) is -1.78. The molecule has 194 valence electrons. The van der Waals surface area contributed by atoms with Crippen molar-refractivity contribution < 1.29 is 13.2 Å². The van der Waals surface area contributed by atoms with Crippen molar-refractivity contribution in [1.82, 2.24) is 19.4 Å². The first-order valence-electron chi connectivity index (χ1n) is 12.6. The van der Waals surface area contributed by atoms with Crippen molar-refractivity contribution in [3.05, 3.63) is 57.0 Å². The number of aromatic nitrogens is 2. The molecule has 36 heavy (non-hydrogen) atoms. The molecular formula is C26H32F3N5OS. The lowest BCUT2D eigenvalue weighted by molar-refractivity contribution is -0.137. The first-order chi connectivity index (χ1) is 17.2. The second-order valence-corrected chi connectivity index (χ2v) is 11.3. The van der Waals surface area contributed by atoms with Gasteiger partial charge in [-0.1, -0.05) is 19.9 Å². The minimum atomic E-state index is -4.34. The summed E-state index contributed by atoms with van der Waals surface area (Å²) in [5.74, 6) is 0.614. The predicted octanol–water partition coefficient (Wildman–Crippen LogP) is 4.31. The molecule has 0 spiro atoms. The summed E-state index contributed by atoms with van der Waals surface area (Å²) in [5.41, 5.74) is 1.20. The number of hydrogen-bond donors (Lipinski definition) is 0. The van der Waals surface area contributed by atoms with Gasteiger partial charge in [0.25, 0.3) is 5.56 Å². The molecule has 0 amide bonds. The maximum absolute atomic E-state index is 13.3. The number of rotatable bonds is 6. The number of hydrogen-bond acceptors (Lipinski definition) is 6. The number of nitrogens with zero attached hydrogens (tertiary/aromatic N) is 5. The number of alkyl halides is 3. The van der Waals surface area contributed by atoms with Crippen molar-refractivity contribution in [3.63, 3.8) is 0 Å². The lowest BCUT2D eigenvalue weighted by Gasteiger charge is -2.36. The van der Waals surface area contributed by atoms with Crippen molar-refractivity contribution in [2.45, 2.75) is 39.5 Å². The van der Waals surface area contributed by atoms with Gasteiger partial charge >= 0.3 is 6.18 Å². The van der Waals surface area contributed by atoms with Crippen LogP contribution in [0.15, 0.2) is 35.4 Å². The van der Waals surface area contributed by atoms with Crippen molar-refractivity contribution in [1.29, 1.82) is 0 Å². The maximum Gasteiger partial charge on any atom is 0.416 e. The average Bonchev–Trinajstić information content (AvgIpc) is 3.21. The van der Waals surface area contributed by atoms with Gasteiger partial charge in [0.2, 0.25) is 0 Å². The molecule has 0 radical (unpaired) electrons. The molecule has 0 atom stereocenters. The van der Waals surface area contributed by atoms with E-state index in [0.29, 0.717) is 37.8 Å². The smallest absolute Gasteiger partial charge is 0.369 e. The highest BCUT2D eigenvalue weighted by Gasteiger charge is 2.31. The van der Waals surface area contributed by atoms with E-state index in [0.717, 1.165) is 55.4 Å².